The summed E-state index contributed by atoms with van der Waals surface area (Å²) in [5.41, 5.74) is 4.04. The van der Waals surface area contributed by atoms with E-state index in [4.69, 9.17) is 10.00 Å². The lowest BCUT2D eigenvalue weighted by Gasteiger charge is -2.18. The molecule has 9 nitrogen and oxygen atoms in total. The Labute approximate surface area is 209 Å². The quantitative estimate of drug-likeness (QED) is 0.202. The van der Waals surface area contributed by atoms with Crippen LogP contribution in [0.15, 0.2) is 83.8 Å². The van der Waals surface area contributed by atoms with Gasteiger partial charge in [-0.15, -0.1) is 0 Å². The highest BCUT2D eigenvalue weighted by Crippen LogP contribution is 2.28. The van der Waals surface area contributed by atoms with Crippen molar-refractivity contribution in [2.75, 3.05) is 17.3 Å². The Hall–Kier alpha value is -4.20. The van der Waals surface area contributed by atoms with Gasteiger partial charge >= 0.3 is 5.97 Å². The van der Waals surface area contributed by atoms with Crippen LogP contribution in [0.2, 0.25) is 0 Å². The number of hydrazine groups is 1. The molecule has 0 fully saturated rings. The summed E-state index contributed by atoms with van der Waals surface area (Å²) in [5, 5.41) is 19.1. The van der Waals surface area contributed by atoms with Gasteiger partial charge < -0.3 is 9.84 Å². The molecule has 0 aliphatic carbocycles. The van der Waals surface area contributed by atoms with E-state index < -0.39 is 21.7 Å². The third-order valence-electron chi connectivity index (χ3n) is 5.27. The standard InChI is InChI=1S/C26H25N3O6S/c27-15-4-16-28-29(19-30)22-7-9-23(10-8-22)35-24-11-13-25(14-12-24)36(33,34)18-21(17-26(31)32)20-5-2-1-3-6-20/h1-3,5-14,19,21,28H,4,16-18H2,(H,31,32). The first-order valence-electron chi connectivity index (χ1n) is 11.0. The molecule has 0 aliphatic heterocycles. The van der Waals surface area contributed by atoms with E-state index >= 15 is 0 Å². The van der Waals surface area contributed by atoms with Gasteiger partial charge in [0.2, 0.25) is 6.41 Å². The van der Waals surface area contributed by atoms with Crippen molar-refractivity contribution in [3.63, 3.8) is 0 Å². The molecule has 0 saturated carbocycles. The predicted octanol–water partition coefficient (Wildman–Crippen LogP) is 3.89. The maximum absolute atomic E-state index is 13.0. The lowest BCUT2D eigenvalue weighted by atomic mass is 9.98. The lowest BCUT2D eigenvalue weighted by Crippen LogP contribution is -2.37. The fraction of sp³-hybridized carbons (Fsp3) is 0.192. The number of hydrogen-bond donors (Lipinski definition) is 2. The van der Waals surface area contributed by atoms with Crippen molar-refractivity contribution in [3.05, 3.63) is 84.4 Å². The Bertz CT molecular complexity index is 1300. The van der Waals surface area contributed by atoms with Crippen LogP contribution in [-0.4, -0.2) is 38.2 Å². The molecule has 0 bridgehead atoms. The van der Waals surface area contributed by atoms with Crippen LogP contribution >= 0.6 is 0 Å². The van der Waals surface area contributed by atoms with Gasteiger partial charge in [0, 0.05) is 18.9 Å². The molecule has 1 atom stereocenters. The summed E-state index contributed by atoms with van der Waals surface area (Å²) in [6, 6.07) is 23.2. The van der Waals surface area contributed by atoms with Crippen molar-refractivity contribution >= 4 is 27.9 Å². The van der Waals surface area contributed by atoms with Gasteiger partial charge in [-0.25, -0.2) is 18.9 Å². The first kappa shape index (κ1) is 26.4. The number of carboxylic acid groups (broad SMARTS) is 1. The fourth-order valence-electron chi connectivity index (χ4n) is 3.52. The third-order valence-corrected chi connectivity index (χ3v) is 7.10. The van der Waals surface area contributed by atoms with Crippen molar-refractivity contribution in [1.82, 2.24) is 5.43 Å². The van der Waals surface area contributed by atoms with Gasteiger partial charge in [-0.3, -0.25) is 9.59 Å². The Morgan fingerprint density at radius 2 is 1.64 bits per heavy atom. The van der Waals surface area contributed by atoms with Gasteiger partial charge in [-0.1, -0.05) is 30.3 Å². The molecule has 0 heterocycles. The molecule has 0 aromatic heterocycles. The Kier molecular flexibility index (Phi) is 9.16. The molecule has 3 aromatic rings. The van der Waals surface area contributed by atoms with Crippen LogP contribution in [0.1, 0.15) is 24.3 Å². The van der Waals surface area contributed by atoms with Gasteiger partial charge in [0.05, 0.1) is 28.8 Å². The molecule has 3 rings (SSSR count). The molecule has 0 saturated heterocycles. The van der Waals surface area contributed by atoms with Crippen LogP contribution in [0.25, 0.3) is 0 Å². The van der Waals surface area contributed by atoms with Crippen molar-refractivity contribution in [1.29, 1.82) is 5.26 Å². The molecular weight excluding hydrogens is 482 g/mol. The molecule has 2 N–H and O–H groups in total. The summed E-state index contributed by atoms with van der Waals surface area (Å²) in [5.74, 6) is -1.19. The SMILES string of the molecule is N#CCCNN(C=O)c1ccc(Oc2ccc(S(=O)(=O)CC(CC(=O)O)c3ccccc3)cc2)cc1. The molecule has 10 heteroatoms. The number of sulfone groups is 1. The number of rotatable bonds is 13. The summed E-state index contributed by atoms with van der Waals surface area (Å²) in [6.45, 7) is 0.325. The van der Waals surface area contributed by atoms with Crippen LogP contribution < -0.4 is 15.2 Å². The number of benzene rings is 3. The zero-order chi connectivity index (χ0) is 26.0. The number of aliphatic carboxylic acids is 1. The number of nitrogens with zero attached hydrogens (tertiary/aromatic N) is 2. The van der Waals surface area contributed by atoms with E-state index in [-0.39, 0.29) is 23.5 Å². The highest BCUT2D eigenvalue weighted by atomic mass is 32.2. The Balaban J connectivity index is 1.68. The first-order chi connectivity index (χ1) is 17.3. The largest absolute Gasteiger partial charge is 0.481 e. The number of hydrogen-bond acceptors (Lipinski definition) is 7. The zero-order valence-electron chi connectivity index (χ0n) is 19.3. The fourth-order valence-corrected chi connectivity index (χ4v) is 5.10. The van der Waals surface area contributed by atoms with Gasteiger partial charge in [0.25, 0.3) is 0 Å². The number of anilines is 1. The number of carbonyl (C=O) groups excluding carboxylic acids is 1. The molecule has 36 heavy (non-hydrogen) atoms. The van der Waals surface area contributed by atoms with Crippen LogP contribution in [0.5, 0.6) is 11.5 Å². The number of carboxylic acids is 1. The van der Waals surface area contributed by atoms with E-state index in [1.807, 2.05) is 6.07 Å². The summed E-state index contributed by atoms with van der Waals surface area (Å²) < 4.78 is 31.8. The van der Waals surface area contributed by atoms with E-state index in [9.17, 15) is 23.1 Å². The molecule has 0 aliphatic rings. The minimum atomic E-state index is -3.76. The van der Waals surface area contributed by atoms with Crippen molar-refractivity contribution < 1.29 is 27.9 Å². The van der Waals surface area contributed by atoms with E-state index in [1.54, 1.807) is 54.6 Å². The van der Waals surface area contributed by atoms with Gasteiger partial charge in [0.1, 0.15) is 11.5 Å². The van der Waals surface area contributed by atoms with Crippen LogP contribution in [0.3, 0.4) is 0 Å². The van der Waals surface area contributed by atoms with Crippen molar-refractivity contribution in [2.24, 2.45) is 0 Å². The van der Waals surface area contributed by atoms with Gasteiger partial charge in [-0.2, -0.15) is 5.26 Å². The molecule has 1 unspecified atom stereocenters. The Morgan fingerprint density at radius 3 is 2.19 bits per heavy atom. The Morgan fingerprint density at radius 1 is 1.03 bits per heavy atom. The number of nitriles is 1. The number of ether oxygens (including phenoxy) is 1. The van der Waals surface area contributed by atoms with E-state index in [1.165, 1.54) is 29.3 Å². The normalized spacial score (nSPS) is 11.8. The van der Waals surface area contributed by atoms with Gasteiger partial charge in [-0.05, 0) is 54.1 Å². The second-order valence-corrected chi connectivity index (χ2v) is 9.88. The smallest absolute Gasteiger partial charge is 0.303 e. The zero-order valence-corrected chi connectivity index (χ0v) is 20.1. The van der Waals surface area contributed by atoms with E-state index in [0.29, 0.717) is 35.7 Å². The third kappa shape index (κ3) is 7.40. The minimum Gasteiger partial charge on any atom is -0.481 e. The van der Waals surface area contributed by atoms with Crippen LogP contribution in [-0.2, 0) is 19.4 Å². The molecule has 1 amide bonds. The summed E-state index contributed by atoms with van der Waals surface area (Å²) in [6.07, 6.45) is 0.560. The number of amides is 1. The monoisotopic (exact) mass is 507 g/mol. The van der Waals surface area contributed by atoms with Crippen molar-refractivity contribution in [2.45, 2.75) is 23.7 Å². The first-order valence-corrected chi connectivity index (χ1v) is 12.7. The summed E-state index contributed by atoms with van der Waals surface area (Å²) in [7, 11) is -3.76. The maximum Gasteiger partial charge on any atom is 0.303 e. The molecule has 0 spiro atoms. The summed E-state index contributed by atoms with van der Waals surface area (Å²) in [4.78, 5) is 22.6. The second-order valence-electron chi connectivity index (χ2n) is 7.85. The predicted molar refractivity (Wildman–Crippen MR) is 133 cm³/mol. The summed E-state index contributed by atoms with van der Waals surface area (Å²) >= 11 is 0. The van der Waals surface area contributed by atoms with Crippen LogP contribution in [0, 0.1) is 11.3 Å². The number of nitrogens with one attached hydrogen (secondary N) is 1. The van der Waals surface area contributed by atoms with Crippen molar-refractivity contribution in [3.8, 4) is 17.6 Å². The van der Waals surface area contributed by atoms with Crippen LogP contribution in [0.4, 0.5) is 5.69 Å². The van der Waals surface area contributed by atoms with E-state index in [2.05, 4.69) is 5.43 Å². The lowest BCUT2D eigenvalue weighted by molar-refractivity contribution is -0.137. The molecular formula is C26H25N3O6S. The highest BCUT2D eigenvalue weighted by molar-refractivity contribution is 7.91. The topological polar surface area (TPSA) is 137 Å². The average molecular weight is 508 g/mol. The maximum atomic E-state index is 13.0. The second kappa shape index (κ2) is 12.5. The highest BCUT2D eigenvalue weighted by Gasteiger charge is 2.25. The van der Waals surface area contributed by atoms with Gasteiger partial charge in [0.15, 0.2) is 9.84 Å². The van der Waals surface area contributed by atoms with E-state index in [0.717, 1.165) is 0 Å². The molecule has 0 radical (unpaired) electrons. The minimum absolute atomic E-state index is 0.0709. The average Bonchev–Trinajstić information content (AvgIpc) is 2.87. The number of carbonyl (C=O) groups is 2. The molecule has 186 valence electrons. The molecule has 3 aromatic carbocycles.